The number of likely N-dealkylation sites (N-methyl/N-ethyl adjacent to an activating group) is 1. The van der Waals surface area contributed by atoms with Crippen LogP contribution < -0.4 is 5.73 Å². The van der Waals surface area contributed by atoms with Gasteiger partial charge in [-0.05, 0) is 19.2 Å². The second-order valence-electron chi connectivity index (χ2n) is 6.23. The monoisotopic (exact) mass is 354 g/mol. The third-order valence-electron chi connectivity index (χ3n) is 4.85. The van der Waals surface area contributed by atoms with Gasteiger partial charge in [0.15, 0.2) is 0 Å². The minimum atomic E-state index is 0.203. The molecule has 2 heterocycles. The lowest BCUT2D eigenvalue weighted by Gasteiger charge is -2.18. The Morgan fingerprint density at radius 2 is 2.00 bits per heavy atom. The number of nitrogen functional groups attached to an aromatic ring is 1. The SMILES string of the molecule is CCN(CC)CCn1nc2c3c(c(N)cc(O)c31)Sc1ccccc1-2. The van der Waals surface area contributed by atoms with E-state index < -0.39 is 0 Å². The fourth-order valence-electron chi connectivity index (χ4n) is 3.46. The summed E-state index contributed by atoms with van der Waals surface area (Å²) in [6.07, 6.45) is 0. The van der Waals surface area contributed by atoms with E-state index in [1.165, 1.54) is 0 Å². The lowest BCUT2D eigenvalue weighted by Crippen LogP contribution is -2.27. The van der Waals surface area contributed by atoms with Crippen LogP contribution in [0.3, 0.4) is 0 Å². The average Bonchev–Trinajstić information content (AvgIpc) is 3.01. The fourth-order valence-corrected chi connectivity index (χ4v) is 4.57. The molecular weight excluding hydrogens is 332 g/mol. The predicted octanol–water partition coefficient (Wildman–Crippen LogP) is 3.80. The third-order valence-corrected chi connectivity index (χ3v) is 6.07. The number of nitrogens with zero attached hydrogens (tertiary/aromatic N) is 3. The highest BCUT2D eigenvalue weighted by atomic mass is 32.2. The van der Waals surface area contributed by atoms with E-state index in [2.05, 4.69) is 30.9 Å². The van der Waals surface area contributed by atoms with Crippen LogP contribution in [-0.4, -0.2) is 39.4 Å². The van der Waals surface area contributed by atoms with E-state index in [4.69, 9.17) is 10.8 Å². The van der Waals surface area contributed by atoms with Crippen LogP contribution in [-0.2, 0) is 6.54 Å². The molecule has 130 valence electrons. The molecule has 0 fully saturated rings. The number of rotatable bonds is 5. The third kappa shape index (κ3) is 2.56. The van der Waals surface area contributed by atoms with Crippen molar-refractivity contribution in [2.24, 2.45) is 0 Å². The molecule has 0 saturated carbocycles. The summed E-state index contributed by atoms with van der Waals surface area (Å²) in [7, 11) is 0. The molecule has 0 spiro atoms. The first-order valence-corrected chi connectivity index (χ1v) is 9.47. The molecule has 0 atom stereocenters. The molecule has 0 bridgehead atoms. The zero-order chi connectivity index (χ0) is 17.6. The summed E-state index contributed by atoms with van der Waals surface area (Å²) < 4.78 is 1.93. The van der Waals surface area contributed by atoms with E-state index in [0.717, 1.165) is 58.1 Å². The summed E-state index contributed by atoms with van der Waals surface area (Å²) in [4.78, 5) is 4.50. The van der Waals surface area contributed by atoms with Crippen LogP contribution in [0.1, 0.15) is 13.8 Å². The molecule has 0 aliphatic carbocycles. The van der Waals surface area contributed by atoms with Gasteiger partial charge in [-0.25, -0.2) is 0 Å². The van der Waals surface area contributed by atoms with Crippen molar-refractivity contribution in [1.82, 2.24) is 14.7 Å². The van der Waals surface area contributed by atoms with Crippen LogP contribution in [0.15, 0.2) is 40.1 Å². The maximum Gasteiger partial charge on any atom is 0.143 e. The molecule has 1 aliphatic rings. The molecule has 6 heteroatoms. The molecule has 1 aromatic heterocycles. The smallest absolute Gasteiger partial charge is 0.143 e. The molecule has 4 rings (SSSR count). The molecule has 3 N–H and O–H groups in total. The first kappa shape index (κ1) is 16.3. The van der Waals surface area contributed by atoms with Crippen molar-refractivity contribution in [3.05, 3.63) is 30.3 Å². The highest BCUT2D eigenvalue weighted by Crippen LogP contribution is 2.51. The number of phenolic OH excluding ortho intramolecular Hbond substituents is 1. The van der Waals surface area contributed by atoms with Gasteiger partial charge in [-0.15, -0.1) is 0 Å². The number of phenols is 1. The maximum absolute atomic E-state index is 10.6. The van der Waals surface area contributed by atoms with Crippen molar-refractivity contribution in [1.29, 1.82) is 0 Å². The van der Waals surface area contributed by atoms with Crippen LogP contribution in [0.4, 0.5) is 5.69 Å². The quantitative estimate of drug-likeness (QED) is 0.534. The van der Waals surface area contributed by atoms with Gasteiger partial charge in [0.2, 0.25) is 0 Å². The number of nitrogens with two attached hydrogens (primary N) is 1. The fraction of sp³-hybridized carbons (Fsp3) is 0.316. The van der Waals surface area contributed by atoms with E-state index in [0.29, 0.717) is 5.69 Å². The Morgan fingerprint density at radius 1 is 1.24 bits per heavy atom. The second-order valence-corrected chi connectivity index (χ2v) is 7.29. The van der Waals surface area contributed by atoms with Gasteiger partial charge in [-0.1, -0.05) is 43.8 Å². The van der Waals surface area contributed by atoms with Crippen molar-refractivity contribution in [3.8, 4) is 17.0 Å². The highest BCUT2D eigenvalue weighted by Gasteiger charge is 2.27. The van der Waals surface area contributed by atoms with Crippen molar-refractivity contribution in [3.63, 3.8) is 0 Å². The van der Waals surface area contributed by atoms with Crippen LogP contribution in [0.2, 0.25) is 0 Å². The second kappa shape index (κ2) is 6.28. The summed E-state index contributed by atoms with van der Waals surface area (Å²) in [6, 6.07) is 9.88. The van der Waals surface area contributed by atoms with Gasteiger partial charge in [0.05, 0.1) is 12.2 Å². The van der Waals surface area contributed by atoms with Crippen molar-refractivity contribution in [2.45, 2.75) is 30.2 Å². The largest absolute Gasteiger partial charge is 0.506 e. The minimum absolute atomic E-state index is 0.203. The van der Waals surface area contributed by atoms with Gasteiger partial charge < -0.3 is 15.7 Å². The Bertz CT molecular complexity index is 946. The van der Waals surface area contributed by atoms with Crippen molar-refractivity contribution < 1.29 is 5.11 Å². The van der Waals surface area contributed by atoms with E-state index in [-0.39, 0.29) is 5.75 Å². The summed E-state index contributed by atoms with van der Waals surface area (Å²) in [5, 5.41) is 16.4. The predicted molar refractivity (Wildman–Crippen MR) is 103 cm³/mol. The summed E-state index contributed by atoms with van der Waals surface area (Å²) in [5.41, 5.74) is 9.62. The molecule has 0 radical (unpaired) electrons. The van der Waals surface area contributed by atoms with Gasteiger partial charge in [-0.2, -0.15) is 5.10 Å². The molecule has 0 saturated heterocycles. The molecule has 0 unspecified atom stereocenters. The van der Waals surface area contributed by atoms with Crippen LogP contribution >= 0.6 is 11.8 Å². The lowest BCUT2D eigenvalue weighted by molar-refractivity contribution is 0.287. The van der Waals surface area contributed by atoms with E-state index in [1.807, 2.05) is 16.8 Å². The maximum atomic E-state index is 10.6. The van der Waals surface area contributed by atoms with Gasteiger partial charge in [0.25, 0.3) is 0 Å². The van der Waals surface area contributed by atoms with Crippen LogP contribution in [0.25, 0.3) is 22.2 Å². The average molecular weight is 354 g/mol. The summed E-state index contributed by atoms with van der Waals surface area (Å²) in [5.74, 6) is 0.203. The number of aromatic nitrogens is 2. The van der Waals surface area contributed by atoms with Gasteiger partial charge in [-0.3, -0.25) is 4.68 Å². The van der Waals surface area contributed by atoms with E-state index in [9.17, 15) is 5.11 Å². The van der Waals surface area contributed by atoms with Crippen molar-refractivity contribution in [2.75, 3.05) is 25.4 Å². The van der Waals surface area contributed by atoms with E-state index in [1.54, 1.807) is 17.8 Å². The summed E-state index contributed by atoms with van der Waals surface area (Å²) in [6.45, 7) is 7.97. The Labute approximate surface area is 151 Å². The topological polar surface area (TPSA) is 67.3 Å². The van der Waals surface area contributed by atoms with Gasteiger partial charge in [0, 0.05) is 33.4 Å². The number of fused-ring (bicyclic) bond motifs is 2. The van der Waals surface area contributed by atoms with Gasteiger partial charge in [0.1, 0.15) is 17.0 Å². The molecule has 1 aliphatic heterocycles. The normalized spacial score (nSPS) is 12.8. The van der Waals surface area contributed by atoms with E-state index >= 15 is 0 Å². The Balaban J connectivity index is 1.90. The molecule has 3 aromatic rings. The molecule has 5 nitrogen and oxygen atoms in total. The van der Waals surface area contributed by atoms with Crippen LogP contribution in [0, 0.1) is 0 Å². The molecule has 2 aromatic carbocycles. The zero-order valence-corrected chi connectivity index (χ0v) is 15.3. The standard InChI is InChI=1S/C19H22N4OS/c1-3-22(4-2)9-10-23-18-14(24)11-13(20)19-16(18)17(21-23)12-7-5-6-8-15(12)25-19/h5-8,11,24H,3-4,9-10,20H2,1-2H3. The Kier molecular flexibility index (Phi) is 4.09. The number of benzene rings is 2. The number of anilines is 1. The number of hydrogen-bond acceptors (Lipinski definition) is 5. The highest BCUT2D eigenvalue weighted by molar-refractivity contribution is 8.00. The first-order valence-electron chi connectivity index (χ1n) is 8.65. The number of aromatic hydroxyl groups is 1. The molecule has 25 heavy (non-hydrogen) atoms. The van der Waals surface area contributed by atoms with Crippen LogP contribution in [0.5, 0.6) is 5.75 Å². The Morgan fingerprint density at radius 3 is 2.76 bits per heavy atom. The lowest BCUT2D eigenvalue weighted by atomic mass is 10.1. The van der Waals surface area contributed by atoms with Crippen molar-refractivity contribution >= 4 is 28.4 Å². The Hall–Kier alpha value is -2.18. The minimum Gasteiger partial charge on any atom is -0.506 e. The summed E-state index contributed by atoms with van der Waals surface area (Å²) >= 11 is 1.66. The molecular formula is C19H22N4OS. The number of hydrogen-bond donors (Lipinski definition) is 2. The first-order chi connectivity index (χ1) is 12.1. The van der Waals surface area contributed by atoms with Gasteiger partial charge >= 0.3 is 0 Å². The molecule has 0 amide bonds. The zero-order valence-electron chi connectivity index (χ0n) is 14.5.